The minimum Gasteiger partial charge on any atom is -0.548 e. The Morgan fingerprint density at radius 2 is 2.21 bits per heavy atom. The SMILES string of the molecule is C[C@H](C(=O)[O-])n1nnc2ccccc21. The number of carboxylic acids is 1. The molecule has 0 spiro atoms. The molecule has 0 unspecified atom stereocenters. The molecule has 5 heteroatoms. The summed E-state index contributed by atoms with van der Waals surface area (Å²) in [6.45, 7) is 1.51. The van der Waals surface area contributed by atoms with Gasteiger partial charge < -0.3 is 9.90 Å². The monoisotopic (exact) mass is 190 g/mol. The van der Waals surface area contributed by atoms with Gasteiger partial charge in [0.15, 0.2) is 0 Å². The summed E-state index contributed by atoms with van der Waals surface area (Å²) in [5.41, 5.74) is 1.38. The second kappa shape index (κ2) is 3.10. The van der Waals surface area contributed by atoms with Crippen molar-refractivity contribution in [2.45, 2.75) is 13.0 Å². The number of fused-ring (bicyclic) bond motifs is 1. The maximum absolute atomic E-state index is 10.6. The van der Waals surface area contributed by atoms with Gasteiger partial charge in [0.2, 0.25) is 0 Å². The van der Waals surface area contributed by atoms with Crippen molar-refractivity contribution in [2.24, 2.45) is 0 Å². The highest BCUT2D eigenvalue weighted by Gasteiger charge is 2.10. The van der Waals surface area contributed by atoms with E-state index in [0.717, 1.165) is 0 Å². The Bertz CT molecular complexity index is 478. The molecule has 0 aliphatic rings. The number of rotatable bonds is 2. The molecule has 1 heterocycles. The molecule has 0 N–H and O–H groups in total. The van der Waals surface area contributed by atoms with Crippen molar-refractivity contribution in [3.63, 3.8) is 0 Å². The fourth-order valence-corrected chi connectivity index (χ4v) is 1.27. The lowest BCUT2D eigenvalue weighted by Crippen LogP contribution is -2.32. The van der Waals surface area contributed by atoms with Crippen LogP contribution in [0.1, 0.15) is 13.0 Å². The van der Waals surface area contributed by atoms with E-state index in [4.69, 9.17) is 0 Å². The summed E-state index contributed by atoms with van der Waals surface area (Å²) in [7, 11) is 0. The van der Waals surface area contributed by atoms with Gasteiger partial charge in [-0.15, -0.1) is 5.10 Å². The zero-order chi connectivity index (χ0) is 10.1. The van der Waals surface area contributed by atoms with Crippen LogP contribution in [0.2, 0.25) is 0 Å². The summed E-state index contributed by atoms with van der Waals surface area (Å²) < 4.78 is 1.34. The molecule has 0 radical (unpaired) electrons. The number of hydrogen-bond acceptors (Lipinski definition) is 4. The van der Waals surface area contributed by atoms with Crippen LogP contribution in [0.3, 0.4) is 0 Å². The number of carbonyl (C=O) groups excluding carboxylic acids is 1. The molecule has 1 aromatic carbocycles. The van der Waals surface area contributed by atoms with Crippen LogP contribution in [-0.4, -0.2) is 21.0 Å². The van der Waals surface area contributed by atoms with Crippen LogP contribution < -0.4 is 5.11 Å². The van der Waals surface area contributed by atoms with Crippen molar-refractivity contribution >= 4 is 17.0 Å². The van der Waals surface area contributed by atoms with Gasteiger partial charge in [-0.25, -0.2) is 4.68 Å². The number of hydrogen-bond donors (Lipinski definition) is 0. The minimum absolute atomic E-state index is 0.681. The molecule has 5 nitrogen and oxygen atoms in total. The van der Waals surface area contributed by atoms with Crippen LogP contribution in [0.25, 0.3) is 11.0 Å². The largest absolute Gasteiger partial charge is 0.548 e. The van der Waals surface area contributed by atoms with E-state index in [-0.39, 0.29) is 0 Å². The zero-order valence-corrected chi connectivity index (χ0v) is 7.54. The third-order valence-corrected chi connectivity index (χ3v) is 2.09. The second-order valence-electron chi connectivity index (χ2n) is 3.02. The van der Waals surface area contributed by atoms with Gasteiger partial charge in [0.1, 0.15) is 5.52 Å². The molecule has 0 bridgehead atoms. The standard InChI is InChI=1S/C9H9N3O2/c1-6(9(13)14)12-8-5-3-2-4-7(8)10-11-12/h2-6H,1H3,(H,13,14)/p-1/t6-/m1/s1. The number of benzene rings is 1. The van der Waals surface area contributed by atoms with E-state index >= 15 is 0 Å². The molecular formula is C9H8N3O2-. The van der Waals surface area contributed by atoms with Crippen molar-refractivity contribution in [2.75, 3.05) is 0 Å². The summed E-state index contributed by atoms with van der Waals surface area (Å²) in [6, 6.07) is 6.38. The predicted molar refractivity (Wildman–Crippen MR) is 47.2 cm³/mol. The topological polar surface area (TPSA) is 70.8 Å². The average molecular weight is 190 g/mol. The van der Waals surface area contributed by atoms with E-state index in [9.17, 15) is 9.90 Å². The summed E-state index contributed by atoms with van der Waals surface area (Å²) in [6.07, 6.45) is 0. The molecule has 2 aromatic rings. The third-order valence-electron chi connectivity index (χ3n) is 2.09. The number of carbonyl (C=O) groups is 1. The van der Waals surface area contributed by atoms with Crippen LogP contribution >= 0.6 is 0 Å². The summed E-state index contributed by atoms with van der Waals surface area (Å²) in [5.74, 6) is -1.17. The molecule has 0 saturated carbocycles. The van der Waals surface area contributed by atoms with Gasteiger partial charge in [-0.2, -0.15) is 0 Å². The number of nitrogens with zero attached hydrogens (tertiary/aromatic N) is 3. The molecule has 0 aliphatic carbocycles. The first kappa shape index (κ1) is 8.68. The maximum Gasteiger partial charge on any atom is 0.113 e. The van der Waals surface area contributed by atoms with Gasteiger partial charge in [0, 0.05) is 0 Å². The van der Waals surface area contributed by atoms with E-state index in [1.54, 1.807) is 12.1 Å². The Hall–Kier alpha value is -1.91. The number of para-hydroxylation sites is 1. The summed E-state index contributed by atoms with van der Waals surface area (Å²) in [4.78, 5) is 10.6. The maximum atomic E-state index is 10.6. The van der Waals surface area contributed by atoms with Gasteiger partial charge in [0.05, 0.1) is 17.5 Å². The van der Waals surface area contributed by atoms with Crippen molar-refractivity contribution in [1.82, 2.24) is 15.0 Å². The fourth-order valence-electron chi connectivity index (χ4n) is 1.27. The van der Waals surface area contributed by atoms with Crippen molar-refractivity contribution in [3.8, 4) is 0 Å². The highest BCUT2D eigenvalue weighted by molar-refractivity contribution is 5.77. The lowest BCUT2D eigenvalue weighted by atomic mass is 10.3. The zero-order valence-electron chi connectivity index (χ0n) is 7.54. The lowest BCUT2D eigenvalue weighted by molar-refractivity contribution is -0.310. The Morgan fingerprint density at radius 1 is 1.50 bits per heavy atom. The Kier molecular flexibility index (Phi) is 1.92. The van der Waals surface area contributed by atoms with E-state index in [1.807, 2.05) is 12.1 Å². The first-order valence-corrected chi connectivity index (χ1v) is 4.21. The molecule has 0 amide bonds. The molecule has 0 aliphatic heterocycles. The first-order valence-electron chi connectivity index (χ1n) is 4.21. The van der Waals surface area contributed by atoms with Gasteiger partial charge in [-0.3, -0.25) is 0 Å². The van der Waals surface area contributed by atoms with Gasteiger partial charge in [0.25, 0.3) is 0 Å². The van der Waals surface area contributed by atoms with Crippen LogP contribution in [0.4, 0.5) is 0 Å². The quantitative estimate of drug-likeness (QED) is 0.654. The van der Waals surface area contributed by atoms with Gasteiger partial charge in [-0.05, 0) is 19.1 Å². The highest BCUT2D eigenvalue weighted by atomic mass is 16.4. The molecule has 2 rings (SSSR count). The van der Waals surface area contributed by atoms with E-state index in [0.29, 0.717) is 11.0 Å². The van der Waals surface area contributed by atoms with Crippen LogP contribution in [0, 0.1) is 0 Å². The molecular weight excluding hydrogens is 182 g/mol. The molecule has 14 heavy (non-hydrogen) atoms. The Morgan fingerprint density at radius 3 is 2.93 bits per heavy atom. The van der Waals surface area contributed by atoms with Crippen LogP contribution in [0.15, 0.2) is 24.3 Å². The van der Waals surface area contributed by atoms with E-state index in [2.05, 4.69) is 10.3 Å². The van der Waals surface area contributed by atoms with Crippen LogP contribution in [-0.2, 0) is 4.79 Å². The fraction of sp³-hybridized carbons (Fsp3) is 0.222. The molecule has 1 atom stereocenters. The molecule has 0 fully saturated rings. The summed E-state index contributed by atoms with van der Waals surface area (Å²) in [5, 5.41) is 18.2. The van der Waals surface area contributed by atoms with Crippen LogP contribution in [0.5, 0.6) is 0 Å². The number of carboxylic acid groups (broad SMARTS) is 1. The minimum atomic E-state index is -1.17. The van der Waals surface area contributed by atoms with Gasteiger partial charge in [-0.1, -0.05) is 17.3 Å². The van der Waals surface area contributed by atoms with Crippen molar-refractivity contribution in [3.05, 3.63) is 24.3 Å². The predicted octanol–water partition coefficient (Wildman–Crippen LogP) is -0.258. The highest BCUT2D eigenvalue weighted by Crippen LogP contribution is 2.14. The molecule has 0 saturated heterocycles. The first-order chi connectivity index (χ1) is 6.70. The Labute approximate surface area is 80.0 Å². The lowest BCUT2D eigenvalue weighted by Gasteiger charge is -2.12. The van der Waals surface area contributed by atoms with Gasteiger partial charge >= 0.3 is 0 Å². The second-order valence-corrected chi connectivity index (χ2v) is 3.02. The van der Waals surface area contributed by atoms with E-state index in [1.165, 1.54) is 11.6 Å². The summed E-state index contributed by atoms with van der Waals surface area (Å²) >= 11 is 0. The molecule has 72 valence electrons. The smallest absolute Gasteiger partial charge is 0.113 e. The molecule has 1 aromatic heterocycles. The number of aromatic nitrogens is 3. The normalized spacial score (nSPS) is 12.9. The van der Waals surface area contributed by atoms with Crippen molar-refractivity contribution < 1.29 is 9.90 Å². The van der Waals surface area contributed by atoms with E-state index < -0.39 is 12.0 Å². The Balaban J connectivity index is 2.58. The number of aliphatic carboxylic acids is 1. The third kappa shape index (κ3) is 1.22. The average Bonchev–Trinajstić information content (AvgIpc) is 2.60. The van der Waals surface area contributed by atoms with Crippen molar-refractivity contribution in [1.29, 1.82) is 0 Å².